The second-order valence-electron chi connectivity index (χ2n) is 9.98. The van der Waals surface area contributed by atoms with E-state index in [2.05, 4.69) is 50.4 Å². The van der Waals surface area contributed by atoms with Crippen molar-refractivity contribution in [3.8, 4) is 0 Å². The average molecular weight is 392 g/mol. The van der Waals surface area contributed by atoms with E-state index in [1.165, 1.54) is 22.4 Å². The van der Waals surface area contributed by atoms with Gasteiger partial charge in [0.05, 0.1) is 5.41 Å². The van der Waals surface area contributed by atoms with E-state index in [1.807, 2.05) is 25.1 Å². The SMILES string of the molecule is CC(C)c1ccc2c(c1Nc1ccccc1)C[C@@H]1[C@](C)(CCC[C@@]1(C)C(=O)O)C2. The Morgan fingerprint density at radius 1 is 1.10 bits per heavy atom. The van der Waals surface area contributed by atoms with Gasteiger partial charge in [-0.15, -0.1) is 0 Å². The number of aliphatic carboxylic acids is 1. The predicted octanol–water partition coefficient (Wildman–Crippen LogP) is 6.55. The fourth-order valence-electron chi connectivity index (χ4n) is 5.96. The quantitative estimate of drug-likeness (QED) is 0.621. The molecule has 2 aliphatic carbocycles. The molecule has 1 saturated carbocycles. The van der Waals surface area contributed by atoms with Gasteiger partial charge in [0, 0.05) is 11.4 Å². The molecule has 0 amide bonds. The van der Waals surface area contributed by atoms with Crippen molar-refractivity contribution in [3.05, 3.63) is 59.2 Å². The van der Waals surface area contributed by atoms with Crippen molar-refractivity contribution in [2.75, 3.05) is 5.32 Å². The van der Waals surface area contributed by atoms with Gasteiger partial charge in [-0.05, 0) is 78.7 Å². The highest BCUT2D eigenvalue weighted by Gasteiger charge is 2.54. The van der Waals surface area contributed by atoms with Crippen molar-refractivity contribution in [2.45, 2.75) is 65.7 Å². The molecule has 0 aromatic heterocycles. The molecule has 3 nitrogen and oxygen atoms in total. The highest BCUT2D eigenvalue weighted by Crippen LogP contribution is 2.57. The van der Waals surface area contributed by atoms with E-state index >= 15 is 0 Å². The molecular weight excluding hydrogens is 358 g/mol. The van der Waals surface area contributed by atoms with Crippen molar-refractivity contribution >= 4 is 17.3 Å². The van der Waals surface area contributed by atoms with Gasteiger partial charge >= 0.3 is 5.97 Å². The van der Waals surface area contributed by atoms with E-state index in [-0.39, 0.29) is 11.3 Å². The summed E-state index contributed by atoms with van der Waals surface area (Å²) in [5.41, 5.74) is 5.72. The molecular formula is C26H33NO2. The fourth-order valence-corrected chi connectivity index (χ4v) is 5.96. The number of para-hydroxylation sites is 1. The van der Waals surface area contributed by atoms with Crippen molar-refractivity contribution in [1.82, 2.24) is 0 Å². The summed E-state index contributed by atoms with van der Waals surface area (Å²) in [5.74, 6) is -0.0704. The number of carboxylic acids is 1. The van der Waals surface area contributed by atoms with Crippen LogP contribution in [0.15, 0.2) is 42.5 Å². The van der Waals surface area contributed by atoms with E-state index in [0.29, 0.717) is 5.92 Å². The maximum absolute atomic E-state index is 12.3. The number of benzene rings is 2. The number of nitrogens with one attached hydrogen (secondary N) is 1. The molecule has 3 atom stereocenters. The largest absolute Gasteiger partial charge is 0.481 e. The molecule has 3 heteroatoms. The molecule has 0 saturated heterocycles. The van der Waals surface area contributed by atoms with E-state index in [1.54, 1.807) is 0 Å². The maximum Gasteiger partial charge on any atom is 0.309 e. The molecule has 0 unspecified atom stereocenters. The number of hydrogen-bond donors (Lipinski definition) is 2. The van der Waals surface area contributed by atoms with E-state index in [4.69, 9.17) is 0 Å². The molecule has 2 aliphatic rings. The Labute approximate surface area is 174 Å². The maximum atomic E-state index is 12.3. The molecule has 154 valence electrons. The lowest BCUT2D eigenvalue weighted by Gasteiger charge is -2.53. The van der Waals surface area contributed by atoms with Crippen LogP contribution < -0.4 is 5.32 Å². The Bertz CT molecular complexity index is 920. The predicted molar refractivity (Wildman–Crippen MR) is 119 cm³/mol. The summed E-state index contributed by atoms with van der Waals surface area (Å²) in [7, 11) is 0. The summed E-state index contributed by atoms with van der Waals surface area (Å²) in [5, 5.41) is 13.8. The van der Waals surface area contributed by atoms with Crippen LogP contribution in [0, 0.1) is 16.7 Å². The highest BCUT2D eigenvalue weighted by molar-refractivity contribution is 5.76. The Morgan fingerprint density at radius 3 is 2.48 bits per heavy atom. The molecule has 2 aromatic rings. The first-order valence-corrected chi connectivity index (χ1v) is 10.9. The molecule has 1 fully saturated rings. The smallest absolute Gasteiger partial charge is 0.309 e. The number of anilines is 2. The molecule has 0 heterocycles. The number of fused-ring (bicyclic) bond motifs is 2. The number of rotatable bonds is 4. The average Bonchev–Trinajstić information content (AvgIpc) is 2.67. The number of hydrogen-bond acceptors (Lipinski definition) is 2. The molecule has 2 aromatic carbocycles. The summed E-state index contributed by atoms with van der Waals surface area (Å²) < 4.78 is 0. The molecule has 0 radical (unpaired) electrons. The van der Waals surface area contributed by atoms with Crippen LogP contribution >= 0.6 is 0 Å². The van der Waals surface area contributed by atoms with Crippen LogP contribution in [-0.2, 0) is 17.6 Å². The van der Waals surface area contributed by atoms with Gasteiger partial charge in [0.25, 0.3) is 0 Å². The minimum atomic E-state index is -0.650. The van der Waals surface area contributed by atoms with Gasteiger partial charge in [-0.25, -0.2) is 0 Å². The van der Waals surface area contributed by atoms with Crippen LogP contribution in [0.3, 0.4) is 0 Å². The molecule has 0 aliphatic heterocycles. The summed E-state index contributed by atoms with van der Waals surface area (Å²) in [4.78, 5) is 12.3. The third kappa shape index (κ3) is 3.35. The van der Waals surface area contributed by atoms with Crippen molar-refractivity contribution in [1.29, 1.82) is 0 Å². The van der Waals surface area contributed by atoms with Crippen LogP contribution in [0.2, 0.25) is 0 Å². The zero-order valence-electron chi connectivity index (χ0n) is 18.1. The van der Waals surface area contributed by atoms with Crippen LogP contribution in [0.5, 0.6) is 0 Å². The second kappa shape index (κ2) is 7.19. The Hall–Kier alpha value is -2.29. The summed E-state index contributed by atoms with van der Waals surface area (Å²) in [6.07, 6.45) is 4.71. The van der Waals surface area contributed by atoms with Crippen LogP contribution in [0.1, 0.15) is 69.6 Å². The zero-order valence-corrected chi connectivity index (χ0v) is 18.1. The lowest BCUT2D eigenvalue weighted by Crippen LogP contribution is -2.51. The summed E-state index contributed by atoms with van der Waals surface area (Å²) in [6.45, 7) is 8.76. The van der Waals surface area contributed by atoms with Crippen molar-refractivity contribution < 1.29 is 9.90 Å². The number of carbonyl (C=O) groups is 1. The van der Waals surface area contributed by atoms with Gasteiger partial charge in [0.1, 0.15) is 0 Å². The van der Waals surface area contributed by atoms with Gasteiger partial charge in [-0.1, -0.05) is 57.5 Å². The van der Waals surface area contributed by atoms with Gasteiger partial charge < -0.3 is 10.4 Å². The van der Waals surface area contributed by atoms with Crippen molar-refractivity contribution in [3.63, 3.8) is 0 Å². The molecule has 2 N–H and O–H groups in total. The lowest BCUT2D eigenvalue weighted by molar-refractivity contribution is -0.160. The first-order chi connectivity index (χ1) is 13.7. The van der Waals surface area contributed by atoms with Gasteiger partial charge in [0.15, 0.2) is 0 Å². The lowest BCUT2D eigenvalue weighted by atomic mass is 9.50. The van der Waals surface area contributed by atoms with E-state index < -0.39 is 11.4 Å². The third-order valence-corrected chi connectivity index (χ3v) is 7.65. The first-order valence-electron chi connectivity index (χ1n) is 10.9. The van der Waals surface area contributed by atoms with Crippen molar-refractivity contribution in [2.24, 2.45) is 16.7 Å². The molecule has 0 spiro atoms. The van der Waals surface area contributed by atoms with Gasteiger partial charge in [0.2, 0.25) is 0 Å². The van der Waals surface area contributed by atoms with Crippen LogP contribution in [-0.4, -0.2) is 11.1 Å². The van der Waals surface area contributed by atoms with Gasteiger partial charge in [-0.2, -0.15) is 0 Å². The summed E-state index contributed by atoms with van der Waals surface area (Å²) in [6, 6.07) is 14.9. The second-order valence-corrected chi connectivity index (χ2v) is 9.98. The normalized spacial score (nSPS) is 28.5. The minimum absolute atomic E-state index is 0.0573. The topological polar surface area (TPSA) is 49.3 Å². The molecule has 0 bridgehead atoms. The molecule has 29 heavy (non-hydrogen) atoms. The highest BCUT2D eigenvalue weighted by atomic mass is 16.4. The number of carboxylic acid groups (broad SMARTS) is 1. The Kier molecular flexibility index (Phi) is 4.96. The van der Waals surface area contributed by atoms with Gasteiger partial charge in [-0.3, -0.25) is 4.79 Å². The van der Waals surface area contributed by atoms with E-state index in [0.717, 1.165) is 37.8 Å². The van der Waals surface area contributed by atoms with Crippen LogP contribution in [0.4, 0.5) is 11.4 Å². The Morgan fingerprint density at radius 2 is 1.83 bits per heavy atom. The summed E-state index contributed by atoms with van der Waals surface area (Å²) >= 11 is 0. The van der Waals surface area contributed by atoms with Crippen LogP contribution in [0.25, 0.3) is 0 Å². The first kappa shape index (κ1) is 20.0. The third-order valence-electron chi connectivity index (χ3n) is 7.65. The minimum Gasteiger partial charge on any atom is -0.481 e. The fraction of sp³-hybridized carbons (Fsp3) is 0.500. The van der Waals surface area contributed by atoms with E-state index in [9.17, 15) is 9.90 Å². The zero-order chi connectivity index (χ0) is 20.8. The monoisotopic (exact) mass is 391 g/mol. The standard InChI is InChI=1S/C26H33NO2/c1-17(2)20-12-11-18-16-25(3)13-8-14-26(4,24(28)29)22(25)15-21(18)23(20)27-19-9-6-5-7-10-19/h5-7,9-12,17,22,27H,8,13-16H2,1-4H3,(H,28,29)/t22-,25-,26-/m1/s1. The molecule has 4 rings (SSSR count). The Balaban J connectivity index is 1.84.